The number of nitrogens with zero attached hydrogens (tertiary/aromatic N) is 4. The van der Waals surface area contributed by atoms with Gasteiger partial charge in [-0.25, -0.2) is 4.39 Å². The van der Waals surface area contributed by atoms with Gasteiger partial charge in [-0.1, -0.05) is 36.9 Å². The minimum atomic E-state index is -0.282. The van der Waals surface area contributed by atoms with Gasteiger partial charge >= 0.3 is 0 Å². The number of aromatic amines is 2. The minimum absolute atomic E-state index is 0.282. The molecule has 3 N–H and O–H groups in total. The molecule has 0 saturated carbocycles. The first-order valence-electron chi connectivity index (χ1n) is 12.7. The Bertz CT molecular complexity index is 2010. The maximum absolute atomic E-state index is 13.5. The zero-order valence-corrected chi connectivity index (χ0v) is 21.2. The third kappa shape index (κ3) is 4.27. The maximum atomic E-state index is 13.5. The van der Waals surface area contributed by atoms with E-state index in [1.165, 1.54) is 12.1 Å². The highest BCUT2D eigenvalue weighted by Gasteiger charge is 2.16. The van der Waals surface area contributed by atoms with Gasteiger partial charge in [0.1, 0.15) is 11.5 Å². The monoisotopic (exact) mass is 523 g/mol. The third-order valence-corrected chi connectivity index (χ3v) is 6.82. The van der Waals surface area contributed by atoms with Gasteiger partial charge in [0, 0.05) is 45.5 Å². The van der Waals surface area contributed by atoms with Gasteiger partial charge < -0.3 is 10.3 Å². The van der Waals surface area contributed by atoms with Gasteiger partial charge in [0.25, 0.3) is 0 Å². The molecule has 8 heteroatoms. The van der Waals surface area contributed by atoms with Crippen LogP contribution in [0.4, 0.5) is 10.1 Å². The van der Waals surface area contributed by atoms with Gasteiger partial charge in [0.15, 0.2) is 0 Å². The summed E-state index contributed by atoms with van der Waals surface area (Å²) in [7, 11) is 0. The molecule has 0 aliphatic rings. The first kappa shape index (κ1) is 23.5. The van der Waals surface area contributed by atoms with E-state index in [0.29, 0.717) is 0 Å². The van der Waals surface area contributed by atoms with E-state index in [4.69, 9.17) is 0 Å². The lowest BCUT2D eigenvalue weighted by atomic mass is 10.1. The maximum Gasteiger partial charge on any atom is 0.123 e. The second-order valence-corrected chi connectivity index (χ2v) is 9.43. The molecule has 0 saturated heterocycles. The molecule has 0 unspecified atom stereocenters. The summed E-state index contributed by atoms with van der Waals surface area (Å²) >= 11 is 0. The number of rotatable bonds is 6. The van der Waals surface area contributed by atoms with E-state index in [1.807, 2.05) is 54.6 Å². The Hall–Kier alpha value is -5.63. The van der Waals surface area contributed by atoms with E-state index in [-0.39, 0.29) is 5.82 Å². The van der Waals surface area contributed by atoms with E-state index in [1.54, 1.807) is 36.9 Å². The van der Waals surface area contributed by atoms with Crippen LogP contribution in [0.1, 0.15) is 5.56 Å². The van der Waals surface area contributed by atoms with Crippen molar-refractivity contribution < 1.29 is 4.39 Å². The van der Waals surface area contributed by atoms with Gasteiger partial charge in [-0.2, -0.15) is 5.10 Å². The standard InChI is InChI=1S/C32H22FN7/c1-19(20-5-3-2-4-6-20)37-24-13-22(16-34-17-24)28-14-26-30(18-36-28)39-40-32(26)29-15-25-27(38-29)11-12-35-31(25)21-7-9-23(33)10-8-21/h2-18,37-38H,1H2,(H,39,40). The normalized spacial score (nSPS) is 11.2. The smallest absolute Gasteiger partial charge is 0.123 e. The quantitative estimate of drug-likeness (QED) is 0.210. The van der Waals surface area contributed by atoms with Crippen LogP contribution in [0.3, 0.4) is 0 Å². The molecular weight excluding hydrogens is 501 g/mol. The van der Waals surface area contributed by atoms with Crippen LogP contribution >= 0.6 is 0 Å². The van der Waals surface area contributed by atoms with E-state index >= 15 is 0 Å². The number of halogens is 1. The highest BCUT2D eigenvalue weighted by atomic mass is 19.1. The van der Waals surface area contributed by atoms with Crippen LogP contribution < -0.4 is 5.32 Å². The molecule has 0 fully saturated rings. The lowest BCUT2D eigenvalue weighted by Crippen LogP contribution is -1.98. The summed E-state index contributed by atoms with van der Waals surface area (Å²) in [5.41, 5.74) is 9.17. The number of benzene rings is 2. The first-order chi connectivity index (χ1) is 19.6. The van der Waals surface area contributed by atoms with E-state index in [2.05, 4.69) is 42.0 Å². The number of H-pyrrole nitrogens is 2. The fraction of sp³-hybridized carbons (Fsp3) is 0. The third-order valence-electron chi connectivity index (χ3n) is 6.82. The molecule has 5 aromatic heterocycles. The number of hydrogen-bond donors (Lipinski definition) is 3. The summed E-state index contributed by atoms with van der Waals surface area (Å²) in [5.74, 6) is -0.282. The van der Waals surface area contributed by atoms with Crippen LogP contribution in [0, 0.1) is 5.82 Å². The lowest BCUT2D eigenvalue weighted by molar-refractivity contribution is 0.628. The lowest BCUT2D eigenvalue weighted by Gasteiger charge is -2.10. The van der Waals surface area contributed by atoms with Crippen molar-refractivity contribution in [2.45, 2.75) is 0 Å². The minimum Gasteiger partial charge on any atom is -0.354 e. The number of anilines is 1. The Balaban J connectivity index is 1.25. The summed E-state index contributed by atoms with van der Waals surface area (Å²) < 4.78 is 13.5. The molecule has 192 valence electrons. The van der Waals surface area contributed by atoms with E-state index < -0.39 is 0 Å². The molecule has 0 bridgehead atoms. The summed E-state index contributed by atoms with van der Waals surface area (Å²) in [6.07, 6.45) is 7.06. The van der Waals surface area contributed by atoms with Crippen molar-refractivity contribution in [3.63, 3.8) is 0 Å². The fourth-order valence-corrected chi connectivity index (χ4v) is 4.83. The number of aromatic nitrogens is 6. The molecule has 0 spiro atoms. The molecule has 7 nitrogen and oxygen atoms in total. The second-order valence-electron chi connectivity index (χ2n) is 9.43. The molecule has 2 aromatic carbocycles. The number of nitrogens with one attached hydrogen (secondary N) is 3. The van der Waals surface area contributed by atoms with Crippen molar-refractivity contribution in [3.8, 4) is 33.9 Å². The van der Waals surface area contributed by atoms with E-state index in [0.717, 1.165) is 72.7 Å². The summed E-state index contributed by atoms with van der Waals surface area (Å²) in [5, 5.41) is 12.9. The summed E-state index contributed by atoms with van der Waals surface area (Å²) in [4.78, 5) is 17.1. The van der Waals surface area contributed by atoms with Gasteiger partial charge in [-0.3, -0.25) is 20.1 Å². The van der Waals surface area contributed by atoms with Crippen molar-refractivity contribution >= 4 is 33.2 Å². The molecule has 0 radical (unpaired) electrons. The number of fused-ring (bicyclic) bond motifs is 2. The second kappa shape index (κ2) is 9.59. The zero-order valence-electron chi connectivity index (χ0n) is 21.2. The molecule has 5 heterocycles. The Morgan fingerprint density at radius 2 is 1.60 bits per heavy atom. The summed E-state index contributed by atoms with van der Waals surface area (Å²) in [6, 6.07) is 24.2. The largest absolute Gasteiger partial charge is 0.354 e. The van der Waals surface area contributed by atoms with Crippen molar-refractivity contribution in [2.75, 3.05) is 5.32 Å². The van der Waals surface area contributed by atoms with Crippen molar-refractivity contribution in [1.29, 1.82) is 0 Å². The van der Waals surface area contributed by atoms with Crippen LogP contribution in [-0.2, 0) is 0 Å². The highest BCUT2D eigenvalue weighted by molar-refractivity contribution is 6.00. The van der Waals surface area contributed by atoms with E-state index in [9.17, 15) is 4.39 Å². The molecule has 40 heavy (non-hydrogen) atoms. The van der Waals surface area contributed by atoms with Crippen LogP contribution in [0.15, 0.2) is 110 Å². The topological polar surface area (TPSA) is 95.2 Å². The van der Waals surface area contributed by atoms with Crippen molar-refractivity contribution in [2.24, 2.45) is 0 Å². The predicted octanol–water partition coefficient (Wildman–Crippen LogP) is 7.45. The molecule has 7 rings (SSSR count). The molecule has 0 aliphatic carbocycles. The Labute approximate surface area is 228 Å². The van der Waals surface area contributed by atoms with Crippen LogP contribution in [0.25, 0.3) is 61.4 Å². The Morgan fingerprint density at radius 1 is 0.775 bits per heavy atom. The molecule has 0 aliphatic heterocycles. The van der Waals surface area contributed by atoms with Gasteiger partial charge in [0.05, 0.1) is 40.7 Å². The first-order valence-corrected chi connectivity index (χ1v) is 12.7. The Morgan fingerprint density at radius 3 is 2.45 bits per heavy atom. The van der Waals surface area contributed by atoms with Gasteiger partial charge in [0.2, 0.25) is 0 Å². The van der Waals surface area contributed by atoms with Crippen LogP contribution in [0.5, 0.6) is 0 Å². The van der Waals surface area contributed by atoms with Gasteiger partial charge in [-0.15, -0.1) is 0 Å². The van der Waals surface area contributed by atoms with Crippen LogP contribution in [0.2, 0.25) is 0 Å². The van der Waals surface area contributed by atoms with Crippen molar-refractivity contribution in [1.82, 2.24) is 30.1 Å². The van der Waals surface area contributed by atoms with Crippen LogP contribution in [-0.4, -0.2) is 30.1 Å². The predicted molar refractivity (Wildman–Crippen MR) is 157 cm³/mol. The average Bonchev–Trinajstić information content (AvgIpc) is 3.62. The van der Waals surface area contributed by atoms with Gasteiger partial charge in [-0.05, 0) is 54.1 Å². The molecular formula is C32H22FN7. The summed E-state index contributed by atoms with van der Waals surface area (Å²) in [6.45, 7) is 4.16. The number of pyridine rings is 3. The Kier molecular flexibility index (Phi) is 5.63. The average molecular weight is 524 g/mol. The zero-order chi connectivity index (χ0) is 27.1. The fourth-order valence-electron chi connectivity index (χ4n) is 4.83. The molecule has 0 amide bonds. The molecule has 7 aromatic rings. The van der Waals surface area contributed by atoms with Crippen molar-refractivity contribution in [3.05, 3.63) is 122 Å². The SMILES string of the molecule is C=C(Nc1cncc(-c2cc3c(-c4cc5c(-c6ccc(F)cc6)nccc5[nH]4)n[nH]c3cn2)c1)c1ccccc1. The highest BCUT2D eigenvalue weighted by Crippen LogP contribution is 2.34. The molecule has 0 atom stereocenters. The number of hydrogen-bond acceptors (Lipinski definition) is 5.